The molecule has 5 heteroatoms. The van der Waals surface area contributed by atoms with Gasteiger partial charge in [-0.05, 0) is 56.8 Å². The second-order valence-electron chi connectivity index (χ2n) is 8.92. The van der Waals surface area contributed by atoms with E-state index in [2.05, 4.69) is 41.0 Å². The number of rotatable bonds is 7. The Labute approximate surface area is 179 Å². The predicted octanol–water partition coefficient (Wildman–Crippen LogP) is 4.15. The first-order chi connectivity index (χ1) is 14.8. The lowest BCUT2D eigenvalue weighted by molar-refractivity contribution is 0.0984. The van der Waals surface area contributed by atoms with Crippen LogP contribution in [-0.4, -0.2) is 63.3 Å². The van der Waals surface area contributed by atoms with Crippen LogP contribution in [0.3, 0.4) is 0 Å². The molecular weight excluding hydrogens is 374 g/mol. The third-order valence-electron chi connectivity index (χ3n) is 7.11. The smallest absolute Gasteiger partial charge is 0.259 e. The van der Waals surface area contributed by atoms with Crippen molar-refractivity contribution in [2.75, 3.05) is 62.3 Å². The van der Waals surface area contributed by atoms with Gasteiger partial charge in [0.2, 0.25) is 0 Å². The van der Waals surface area contributed by atoms with Crippen LogP contribution in [0.5, 0.6) is 0 Å². The second-order valence-corrected chi connectivity index (χ2v) is 8.92. The number of carbonyl (C=O) groups is 1. The fourth-order valence-corrected chi connectivity index (χ4v) is 5.19. The average Bonchev–Trinajstić information content (AvgIpc) is 2.87. The second kappa shape index (κ2) is 8.56. The molecule has 0 N–H and O–H groups in total. The summed E-state index contributed by atoms with van der Waals surface area (Å²) in [4.78, 5) is 20.2. The fourth-order valence-electron chi connectivity index (χ4n) is 5.19. The molecule has 3 aliphatic rings. The highest BCUT2D eigenvalue weighted by Gasteiger charge is 2.33. The maximum Gasteiger partial charge on any atom is 0.259 e. The Balaban J connectivity index is 1.40. The normalized spacial score (nSPS) is 20.1. The van der Waals surface area contributed by atoms with Gasteiger partial charge in [0.1, 0.15) is 0 Å². The summed E-state index contributed by atoms with van der Waals surface area (Å²) >= 11 is 0. The molecule has 0 spiro atoms. The van der Waals surface area contributed by atoms with E-state index in [1.165, 1.54) is 30.3 Å². The summed E-state index contributed by atoms with van der Waals surface area (Å²) in [5.74, 6) is 0.865. The summed E-state index contributed by atoms with van der Waals surface area (Å²) in [7, 11) is 0. The third kappa shape index (κ3) is 3.58. The number of carbonyl (C=O) groups excluding carboxylic acids is 1. The van der Waals surface area contributed by atoms with Crippen molar-refractivity contribution in [3.8, 4) is 0 Å². The lowest BCUT2D eigenvalue weighted by atomic mass is 9.85. The zero-order chi connectivity index (χ0) is 20.5. The number of hydrogen-bond donors (Lipinski definition) is 0. The number of amides is 1. The van der Waals surface area contributed by atoms with Gasteiger partial charge in [-0.3, -0.25) is 9.69 Å². The van der Waals surface area contributed by atoms with E-state index in [0.717, 1.165) is 75.5 Å². The summed E-state index contributed by atoms with van der Waals surface area (Å²) < 4.78 is 5.55. The van der Waals surface area contributed by atoms with Crippen LogP contribution >= 0.6 is 0 Å². The molecule has 160 valence electrons. The zero-order valence-corrected chi connectivity index (χ0v) is 18.1. The SMILES string of the molecule is CCOCCN1CCCN(c2ccc3c4c(cccc24)C(=O)N3CC2CCC2)CC1. The Kier molecular flexibility index (Phi) is 5.66. The largest absolute Gasteiger partial charge is 0.380 e. The molecular formula is C25H33N3O2. The molecule has 0 bridgehead atoms. The van der Waals surface area contributed by atoms with Gasteiger partial charge in [0, 0.05) is 61.4 Å². The first-order valence-corrected chi connectivity index (χ1v) is 11.7. The highest BCUT2D eigenvalue weighted by molar-refractivity contribution is 6.26. The summed E-state index contributed by atoms with van der Waals surface area (Å²) in [6.45, 7) is 9.80. The molecule has 2 aromatic rings. The molecule has 2 fully saturated rings. The van der Waals surface area contributed by atoms with E-state index >= 15 is 0 Å². The van der Waals surface area contributed by atoms with E-state index in [1.54, 1.807) is 0 Å². The minimum atomic E-state index is 0.192. The van der Waals surface area contributed by atoms with E-state index in [9.17, 15) is 4.79 Å². The molecule has 30 heavy (non-hydrogen) atoms. The van der Waals surface area contributed by atoms with Crippen molar-refractivity contribution in [3.63, 3.8) is 0 Å². The van der Waals surface area contributed by atoms with Crippen LogP contribution in [0.25, 0.3) is 10.8 Å². The molecule has 2 aliphatic heterocycles. The number of ether oxygens (including phenoxy) is 1. The van der Waals surface area contributed by atoms with Gasteiger partial charge in [0.25, 0.3) is 5.91 Å². The van der Waals surface area contributed by atoms with Crippen molar-refractivity contribution in [3.05, 3.63) is 35.9 Å². The van der Waals surface area contributed by atoms with Crippen molar-refractivity contribution in [1.29, 1.82) is 0 Å². The molecule has 2 aromatic carbocycles. The highest BCUT2D eigenvalue weighted by atomic mass is 16.5. The third-order valence-corrected chi connectivity index (χ3v) is 7.11. The van der Waals surface area contributed by atoms with Gasteiger partial charge in [-0.2, -0.15) is 0 Å². The van der Waals surface area contributed by atoms with E-state index in [0.29, 0.717) is 5.92 Å². The lowest BCUT2D eigenvalue weighted by Crippen LogP contribution is -2.34. The van der Waals surface area contributed by atoms with Gasteiger partial charge >= 0.3 is 0 Å². The van der Waals surface area contributed by atoms with Crippen LogP contribution < -0.4 is 9.80 Å². The van der Waals surface area contributed by atoms with Crippen molar-refractivity contribution >= 4 is 28.1 Å². The Bertz CT molecular complexity index is 924. The molecule has 5 rings (SSSR count). The summed E-state index contributed by atoms with van der Waals surface area (Å²) in [5, 5.41) is 2.40. The number of hydrogen-bond acceptors (Lipinski definition) is 4. The molecule has 1 amide bonds. The molecule has 0 radical (unpaired) electrons. The number of anilines is 2. The minimum Gasteiger partial charge on any atom is -0.380 e. The summed E-state index contributed by atoms with van der Waals surface area (Å²) in [6, 6.07) is 10.7. The van der Waals surface area contributed by atoms with Crippen LogP contribution in [0.1, 0.15) is 43.0 Å². The van der Waals surface area contributed by atoms with E-state index in [4.69, 9.17) is 4.74 Å². The standard InChI is InChI=1S/C25H33N3O2/c1-2-30-17-16-26-12-5-13-27(15-14-26)22-10-11-23-24-20(22)8-4-9-21(24)25(29)28(23)18-19-6-3-7-19/h4,8-11,19H,2-3,5-7,12-18H2,1H3. The van der Waals surface area contributed by atoms with E-state index in [-0.39, 0.29) is 5.91 Å². The van der Waals surface area contributed by atoms with Crippen LogP contribution in [-0.2, 0) is 4.74 Å². The van der Waals surface area contributed by atoms with Gasteiger partial charge < -0.3 is 14.5 Å². The summed E-state index contributed by atoms with van der Waals surface area (Å²) in [5.41, 5.74) is 3.28. The Morgan fingerprint density at radius 1 is 1.00 bits per heavy atom. The Hall–Kier alpha value is -2.11. The van der Waals surface area contributed by atoms with Crippen LogP contribution in [0.4, 0.5) is 11.4 Å². The monoisotopic (exact) mass is 407 g/mol. The molecule has 5 nitrogen and oxygen atoms in total. The average molecular weight is 408 g/mol. The predicted molar refractivity (Wildman–Crippen MR) is 123 cm³/mol. The molecule has 2 heterocycles. The lowest BCUT2D eigenvalue weighted by Gasteiger charge is -2.31. The minimum absolute atomic E-state index is 0.192. The topological polar surface area (TPSA) is 36.0 Å². The van der Waals surface area contributed by atoms with Crippen molar-refractivity contribution in [2.24, 2.45) is 5.92 Å². The zero-order valence-electron chi connectivity index (χ0n) is 18.1. The Morgan fingerprint density at radius 2 is 1.87 bits per heavy atom. The quantitative estimate of drug-likeness (QED) is 0.646. The van der Waals surface area contributed by atoms with Gasteiger partial charge in [0.15, 0.2) is 0 Å². The fraction of sp³-hybridized carbons (Fsp3) is 0.560. The van der Waals surface area contributed by atoms with Crippen LogP contribution in [0.2, 0.25) is 0 Å². The molecule has 1 aliphatic carbocycles. The van der Waals surface area contributed by atoms with E-state index < -0.39 is 0 Å². The molecule has 1 saturated heterocycles. The molecule has 0 unspecified atom stereocenters. The molecule has 1 saturated carbocycles. The summed E-state index contributed by atoms with van der Waals surface area (Å²) in [6.07, 6.45) is 4.98. The van der Waals surface area contributed by atoms with Gasteiger partial charge in [0.05, 0.1) is 12.3 Å². The number of nitrogens with zero attached hydrogens (tertiary/aromatic N) is 3. The van der Waals surface area contributed by atoms with Crippen LogP contribution in [0.15, 0.2) is 30.3 Å². The van der Waals surface area contributed by atoms with Crippen molar-refractivity contribution in [2.45, 2.75) is 32.6 Å². The molecule has 0 aromatic heterocycles. The van der Waals surface area contributed by atoms with Crippen molar-refractivity contribution in [1.82, 2.24) is 4.90 Å². The number of benzene rings is 2. The maximum atomic E-state index is 13.2. The van der Waals surface area contributed by atoms with Crippen LogP contribution in [0, 0.1) is 5.92 Å². The van der Waals surface area contributed by atoms with Gasteiger partial charge in [-0.25, -0.2) is 0 Å². The van der Waals surface area contributed by atoms with Crippen molar-refractivity contribution < 1.29 is 9.53 Å². The van der Waals surface area contributed by atoms with Gasteiger partial charge in [-0.15, -0.1) is 0 Å². The highest BCUT2D eigenvalue weighted by Crippen LogP contribution is 2.43. The molecule has 0 atom stereocenters. The first-order valence-electron chi connectivity index (χ1n) is 11.7. The maximum absolute atomic E-state index is 13.2. The Morgan fingerprint density at radius 3 is 2.67 bits per heavy atom. The van der Waals surface area contributed by atoms with E-state index in [1.807, 2.05) is 11.0 Å². The van der Waals surface area contributed by atoms with Gasteiger partial charge in [-0.1, -0.05) is 18.6 Å². The first kappa shape index (κ1) is 19.8.